The Balaban J connectivity index is 1.43. The number of hydrogen-bond donors (Lipinski definition) is 3. The average Bonchev–Trinajstić information content (AvgIpc) is 3.38. The number of nitrogens with zero attached hydrogens (tertiary/aromatic N) is 3. The molecule has 0 saturated heterocycles. The minimum atomic E-state index is -0.595. The first-order valence-electron chi connectivity index (χ1n) is 10.9. The first-order valence-corrected chi connectivity index (χ1v) is 10.9. The summed E-state index contributed by atoms with van der Waals surface area (Å²) in [4.78, 5) is 18.4. The molecule has 1 heterocycles. The van der Waals surface area contributed by atoms with E-state index in [0.29, 0.717) is 6.54 Å². The Kier molecular flexibility index (Phi) is 6.13. The van der Waals surface area contributed by atoms with Gasteiger partial charge in [-0.15, -0.1) is 0 Å². The molecule has 31 heavy (non-hydrogen) atoms. The van der Waals surface area contributed by atoms with Gasteiger partial charge >= 0.3 is 6.03 Å². The van der Waals surface area contributed by atoms with Crippen LogP contribution in [0.5, 0.6) is 0 Å². The maximum atomic E-state index is 11.8. The van der Waals surface area contributed by atoms with Crippen LogP contribution in [0.25, 0.3) is 22.4 Å². The molecule has 1 aliphatic rings. The number of amides is 2. The van der Waals surface area contributed by atoms with Crippen LogP contribution >= 0.6 is 0 Å². The van der Waals surface area contributed by atoms with Gasteiger partial charge in [-0.3, -0.25) is 0 Å². The number of aryl methyl sites for hydroxylation is 1. The van der Waals surface area contributed by atoms with Crippen LogP contribution in [0.4, 0.5) is 10.5 Å². The lowest BCUT2D eigenvalue weighted by molar-refractivity contribution is 0.110. The van der Waals surface area contributed by atoms with Gasteiger partial charge in [-0.25, -0.2) is 9.78 Å². The van der Waals surface area contributed by atoms with Crippen LogP contribution in [0.1, 0.15) is 26.2 Å². The highest BCUT2D eigenvalue weighted by Crippen LogP contribution is 2.32. The molecule has 3 N–H and O–H groups in total. The maximum Gasteiger partial charge on any atom is 0.314 e. The zero-order valence-corrected chi connectivity index (χ0v) is 18.4. The van der Waals surface area contributed by atoms with Gasteiger partial charge in [0.25, 0.3) is 0 Å². The summed E-state index contributed by atoms with van der Waals surface area (Å²) in [6.45, 7) is 2.51. The molecule has 2 aromatic carbocycles. The molecule has 164 valence electrons. The van der Waals surface area contributed by atoms with Crippen LogP contribution in [0.2, 0.25) is 0 Å². The summed E-state index contributed by atoms with van der Waals surface area (Å²) in [5, 5.41) is 16.7. The van der Waals surface area contributed by atoms with E-state index in [0.717, 1.165) is 47.4 Å². The van der Waals surface area contributed by atoms with Crippen LogP contribution in [-0.2, 0) is 7.05 Å². The molecular formula is C24H31N5O2. The highest BCUT2D eigenvalue weighted by Gasteiger charge is 2.32. The van der Waals surface area contributed by atoms with Gasteiger partial charge in [-0.1, -0.05) is 12.1 Å². The van der Waals surface area contributed by atoms with Gasteiger partial charge < -0.3 is 25.2 Å². The number of hydrogen-bond acceptors (Lipinski definition) is 4. The van der Waals surface area contributed by atoms with Gasteiger partial charge in [0.15, 0.2) is 0 Å². The van der Waals surface area contributed by atoms with E-state index < -0.39 is 6.23 Å². The number of anilines is 1. The van der Waals surface area contributed by atoms with Crippen molar-refractivity contribution in [1.29, 1.82) is 0 Å². The first kappa shape index (κ1) is 21.2. The van der Waals surface area contributed by atoms with Crippen molar-refractivity contribution in [2.24, 2.45) is 13.0 Å². The van der Waals surface area contributed by atoms with Crippen molar-refractivity contribution in [2.45, 2.75) is 38.5 Å². The fourth-order valence-electron chi connectivity index (χ4n) is 4.53. The molecule has 1 saturated carbocycles. The molecule has 4 rings (SSSR count). The second kappa shape index (κ2) is 8.98. The molecule has 0 bridgehead atoms. The lowest BCUT2D eigenvalue weighted by Gasteiger charge is -2.30. The van der Waals surface area contributed by atoms with Gasteiger partial charge in [0.2, 0.25) is 0 Å². The number of nitrogens with one attached hydrogen (secondary N) is 2. The van der Waals surface area contributed by atoms with Crippen molar-refractivity contribution >= 4 is 22.8 Å². The van der Waals surface area contributed by atoms with E-state index in [9.17, 15) is 9.90 Å². The summed E-state index contributed by atoms with van der Waals surface area (Å²) in [6.07, 6.45) is 1.96. The predicted molar refractivity (Wildman–Crippen MR) is 124 cm³/mol. The molecule has 0 spiro atoms. The smallest absolute Gasteiger partial charge is 0.314 e. The Hall–Kier alpha value is -3.06. The van der Waals surface area contributed by atoms with E-state index in [1.807, 2.05) is 68.4 Å². The summed E-state index contributed by atoms with van der Waals surface area (Å²) in [5.41, 5.74) is 4.08. The number of urea groups is 1. The zero-order valence-electron chi connectivity index (χ0n) is 18.4. The lowest BCUT2D eigenvalue weighted by Crippen LogP contribution is -2.42. The molecule has 3 aromatic rings. The Morgan fingerprint density at radius 1 is 1.23 bits per heavy atom. The van der Waals surface area contributed by atoms with Gasteiger partial charge in [-0.2, -0.15) is 0 Å². The largest absolute Gasteiger partial charge is 0.373 e. The number of carbonyl (C=O) groups excluding carboxylic acids is 1. The van der Waals surface area contributed by atoms with Crippen LogP contribution < -0.4 is 15.5 Å². The van der Waals surface area contributed by atoms with E-state index >= 15 is 0 Å². The third-order valence-corrected chi connectivity index (χ3v) is 6.28. The number of aliphatic hydroxyl groups is 1. The molecule has 1 fully saturated rings. The number of aliphatic hydroxyl groups excluding tert-OH is 1. The van der Waals surface area contributed by atoms with Crippen molar-refractivity contribution < 1.29 is 9.90 Å². The zero-order chi connectivity index (χ0) is 22.0. The minimum absolute atomic E-state index is 0.111. The molecule has 2 amide bonds. The number of benzene rings is 2. The molecule has 3 atom stereocenters. The summed E-state index contributed by atoms with van der Waals surface area (Å²) in [5.74, 6) is 1.04. The molecule has 7 nitrogen and oxygen atoms in total. The Labute approximate surface area is 183 Å². The predicted octanol–water partition coefficient (Wildman–Crippen LogP) is 3.48. The van der Waals surface area contributed by atoms with Gasteiger partial charge in [0, 0.05) is 43.9 Å². The molecule has 1 aliphatic carbocycles. The van der Waals surface area contributed by atoms with E-state index in [-0.39, 0.29) is 18.0 Å². The number of imidazole rings is 1. The standard InChI is InChI=1S/C24H31N5O2/c1-4-25-24(31)26-18-12-9-17(15-18)23(30)28(2)19-13-10-16(11-14-19)22-27-20-7-5-6-8-21(20)29(22)3/h5-8,10-11,13-14,17-18,23,30H,4,9,12,15H2,1-3H3,(H2,25,26,31). The SMILES string of the molecule is CCNC(=O)NC1CCC(C(O)N(C)c2ccc(-c3nc4ccccc4n3C)cc2)C1. The van der Waals surface area contributed by atoms with Gasteiger partial charge in [0.1, 0.15) is 12.1 Å². The maximum absolute atomic E-state index is 11.8. The average molecular weight is 422 g/mol. The third kappa shape index (κ3) is 4.37. The molecule has 1 aromatic heterocycles. The van der Waals surface area contributed by atoms with Crippen molar-refractivity contribution in [2.75, 3.05) is 18.5 Å². The summed E-state index contributed by atoms with van der Waals surface area (Å²) < 4.78 is 2.10. The summed E-state index contributed by atoms with van der Waals surface area (Å²) in [7, 11) is 3.94. The second-order valence-corrected chi connectivity index (χ2v) is 8.33. The van der Waals surface area contributed by atoms with Gasteiger partial charge in [-0.05, 0) is 62.6 Å². The number of carbonyl (C=O) groups is 1. The van der Waals surface area contributed by atoms with E-state index in [2.05, 4.69) is 21.3 Å². The topological polar surface area (TPSA) is 82.4 Å². The van der Waals surface area contributed by atoms with E-state index in [1.165, 1.54) is 0 Å². The summed E-state index contributed by atoms with van der Waals surface area (Å²) >= 11 is 0. The Bertz CT molecular complexity index is 1050. The fraction of sp³-hybridized carbons (Fsp3) is 0.417. The number of rotatable bonds is 6. The van der Waals surface area contributed by atoms with Crippen LogP contribution in [-0.4, -0.2) is 46.6 Å². The highest BCUT2D eigenvalue weighted by molar-refractivity contribution is 5.80. The Morgan fingerprint density at radius 3 is 2.68 bits per heavy atom. The second-order valence-electron chi connectivity index (χ2n) is 8.33. The monoisotopic (exact) mass is 421 g/mol. The molecule has 3 unspecified atom stereocenters. The molecule has 0 radical (unpaired) electrons. The van der Waals surface area contributed by atoms with Crippen LogP contribution in [0.15, 0.2) is 48.5 Å². The van der Waals surface area contributed by atoms with Crippen molar-refractivity contribution in [1.82, 2.24) is 20.2 Å². The quantitative estimate of drug-likeness (QED) is 0.532. The fourth-order valence-corrected chi connectivity index (χ4v) is 4.53. The van der Waals surface area contributed by atoms with Gasteiger partial charge in [0.05, 0.1) is 11.0 Å². The molecule has 0 aliphatic heterocycles. The highest BCUT2D eigenvalue weighted by atomic mass is 16.3. The minimum Gasteiger partial charge on any atom is -0.373 e. The molecular weight excluding hydrogens is 390 g/mol. The first-order chi connectivity index (χ1) is 15.0. The van der Waals surface area contributed by atoms with Crippen molar-refractivity contribution in [3.05, 3.63) is 48.5 Å². The lowest BCUT2D eigenvalue weighted by atomic mass is 10.0. The third-order valence-electron chi connectivity index (χ3n) is 6.28. The van der Waals surface area contributed by atoms with E-state index in [4.69, 9.17) is 4.98 Å². The number of para-hydroxylation sites is 2. The number of aromatic nitrogens is 2. The van der Waals surface area contributed by atoms with Crippen LogP contribution in [0, 0.1) is 5.92 Å². The summed E-state index contributed by atoms with van der Waals surface area (Å²) in [6, 6.07) is 16.2. The van der Waals surface area contributed by atoms with E-state index in [1.54, 1.807) is 0 Å². The van der Waals surface area contributed by atoms with Crippen LogP contribution in [0.3, 0.4) is 0 Å². The molecule has 7 heteroatoms. The van der Waals surface area contributed by atoms with Crippen molar-refractivity contribution in [3.8, 4) is 11.4 Å². The van der Waals surface area contributed by atoms with Crippen molar-refractivity contribution in [3.63, 3.8) is 0 Å². The normalized spacial score (nSPS) is 19.4. The number of fused-ring (bicyclic) bond motifs is 1. The Morgan fingerprint density at radius 2 is 1.97 bits per heavy atom.